The molecule has 0 aliphatic carbocycles. The Morgan fingerprint density at radius 3 is 2.38 bits per heavy atom. The van der Waals surface area contributed by atoms with Crippen LogP contribution in [0.3, 0.4) is 0 Å². The van der Waals surface area contributed by atoms with Gasteiger partial charge in [-0.2, -0.15) is 0 Å². The van der Waals surface area contributed by atoms with Crippen LogP contribution >= 0.6 is 11.6 Å². The number of nitrogens with zero attached hydrogens (tertiary/aromatic N) is 2. The van der Waals surface area contributed by atoms with Gasteiger partial charge >= 0.3 is 0 Å². The molecule has 1 N–H and O–H groups in total. The number of likely N-dealkylation sites (N-methyl/N-ethyl adjacent to an activating group) is 1. The monoisotopic (exact) mass is 345 g/mol. The third-order valence-corrected chi connectivity index (χ3v) is 4.12. The Hall–Kier alpha value is -2.40. The van der Waals surface area contributed by atoms with Crippen molar-refractivity contribution in [2.45, 2.75) is 25.9 Å². The summed E-state index contributed by atoms with van der Waals surface area (Å²) in [5, 5.41) is 3.26. The van der Waals surface area contributed by atoms with Crippen LogP contribution in [-0.4, -0.2) is 34.8 Å². The summed E-state index contributed by atoms with van der Waals surface area (Å²) in [6, 6.07) is 11.3. The number of carbonyl (C=O) groups is 2. The van der Waals surface area contributed by atoms with Crippen LogP contribution in [0, 0.1) is 0 Å². The number of hydrogen-bond acceptors (Lipinski definition) is 3. The van der Waals surface area contributed by atoms with Crippen molar-refractivity contribution in [3.63, 3.8) is 0 Å². The van der Waals surface area contributed by atoms with E-state index in [9.17, 15) is 9.59 Å². The summed E-state index contributed by atoms with van der Waals surface area (Å²) >= 11 is 5.81. The highest BCUT2D eigenvalue weighted by atomic mass is 35.5. The molecule has 0 aliphatic heterocycles. The normalized spacial score (nSPS) is 13.0. The Morgan fingerprint density at radius 2 is 1.79 bits per heavy atom. The molecule has 0 fully saturated rings. The smallest absolute Gasteiger partial charge is 0.251 e. The van der Waals surface area contributed by atoms with Crippen molar-refractivity contribution in [3.8, 4) is 0 Å². The Balaban J connectivity index is 2.00. The van der Waals surface area contributed by atoms with Crippen LogP contribution < -0.4 is 5.32 Å². The predicted molar refractivity (Wildman–Crippen MR) is 93.8 cm³/mol. The summed E-state index contributed by atoms with van der Waals surface area (Å²) in [5.41, 5.74) is 1.25. The van der Waals surface area contributed by atoms with Gasteiger partial charge in [0.15, 0.2) is 0 Å². The van der Waals surface area contributed by atoms with Crippen LogP contribution in [0.1, 0.15) is 35.9 Å². The van der Waals surface area contributed by atoms with Gasteiger partial charge in [-0.25, -0.2) is 0 Å². The average Bonchev–Trinajstić information content (AvgIpc) is 2.61. The summed E-state index contributed by atoms with van der Waals surface area (Å²) in [6.45, 7) is 3.56. The van der Waals surface area contributed by atoms with E-state index < -0.39 is 6.04 Å². The Labute approximate surface area is 146 Å². The second-order valence-electron chi connectivity index (χ2n) is 5.58. The van der Waals surface area contributed by atoms with Gasteiger partial charge in [0, 0.05) is 23.8 Å². The first-order chi connectivity index (χ1) is 11.4. The van der Waals surface area contributed by atoms with Crippen molar-refractivity contribution in [1.82, 2.24) is 15.2 Å². The molecule has 0 unspecified atom stereocenters. The molecule has 1 aromatic heterocycles. The summed E-state index contributed by atoms with van der Waals surface area (Å²) < 4.78 is 0. The van der Waals surface area contributed by atoms with Crippen LogP contribution in [0.25, 0.3) is 0 Å². The SMILES string of the molecule is C[C@H](NC(=O)c1ccc(Cl)cc1)C(=O)N(C)[C@H](C)c1ccccn1. The molecule has 2 rings (SSSR count). The second-order valence-corrected chi connectivity index (χ2v) is 6.02. The second kappa shape index (κ2) is 7.93. The predicted octanol–water partition coefficient (Wildman–Crippen LogP) is 3.07. The van der Waals surface area contributed by atoms with Gasteiger partial charge in [0.05, 0.1) is 11.7 Å². The minimum Gasteiger partial charge on any atom is -0.341 e. The molecule has 0 radical (unpaired) electrons. The molecule has 2 aromatic rings. The molecule has 126 valence electrons. The third-order valence-electron chi connectivity index (χ3n) is 3.87. The van der Waals surface area contributed by atoms with E-state index in [-0.39, 0.29) is 17.9 Å². The van der Waals surface area contributed by atoms with Crippen molar-refractivity contribution < 1.29 is 9.59 Å². The minimum absolute atomic E-state index is 0.185. The maximum absolute atomic E-state index is 12.5. The molecule has 0 spiro atoms. The Kier molecular flexibility index (Phi) is 5.93. The number of nitrogens with one attached hydrogen (secondary N) is 1. The molecule has 2 amide bonds. The van der Waals surface area contributed by atoms with Gasteiger partial charge in [-0.05, 0) is 50.2 Å². The van der Waals surface area contributed by atoms with Crippen molar-refractivity contribution in [2.24, 2.45) is 0 Å². The summed E-state index contributed by atoms with van der Waals surface area (Å²) in [7, 11) is 1.70. The zero-order valence-corrected chi connectivity index (χ0v) is 14.6. The molecule has 1 aromatic carbocycles. The molecule has 1 heterocycles. The van der Waals surface area contributed by atoms with Gasteiger partial charge in [-0.3, -0.25) is 14.6 Å². The van der Waals surface area contributed by atoms with E-state index in [0.717, 1.165) is 5.69 Å². The molecule has 0 saturated carbocycles. The zero-order valence-electron chi connectivity index (χ0n) is 13.9. The van der Waals surface area contributed by atoms with E-state index in [2.05, 4.69) is 10.3 Å². The van der Waals surface area contributed by atoms with Gasteiger partial charge in [0.2, 0.25) is 5.91 Å². The summed E-state index contributed by atoms with van der Waals surface area (Å²) in [4.78, 5) is 30.6. The van der Waals surface area contributed by atoms with Gasteiger partial charge in [0.25, 0.3) is 5.91 Å². The standard InChI is InChI=1S/C18H20ClN3O2/c1-12(21-17(23)14-7-9-15(19)10-8-14)18(24)22(3)13(2)16-6-4-5-11-20-16/h4-13H,1-3H3,(H,21,23)/t12-,13+/m0/s1. The number of amides is 2. The number of carbonyl (C=O) groups excluding carboxylic acids is 2. The number of hydrogen-bond donors (Lipinski definition) is 1. The highest BCUT2D eigenvalue weighted by Gasteiger charge is 2.24. The summed E-state index contributed by atoms with van der Waals surface area (Å²) in [6.07, 6.45) is 1.69. The van der Waals surface area contributed by atoms with Gasteiger partial charge in [-0.15, -0.1) is 0 Å². The van der Waals surface area contributed by atoms with Crippen molar-refractivity contribution in [3.05, 3.63) is 64.9 Å². The molecule has 0 aliphatic rings. The van der Waals surface area contributed by atoms with Crippen LogP contribution in [0.4, 0.5) is 0 Å². The van der Waals surface area contributed by atoms with E-state index in [4.69, 9.17) is 11.6 Å². The van der Waals surface area contributed by atoms with Crippen LogP contribution in [-0.2, 0) is 4.79 Å². The van der Waals surface area contributed by atoms with Crippen LogP contribution in [0.5, 0.6) is 0 Å². The molecular weight excluding hydrogens is 326 g/mol. The van der Waals surface area contributed by atoms with Gasteiger partial charge < -0.3 is 10.2 Å². The van der Waals surface area contributed by atoms with Crippen LogP contribution in [0.2, 0.25) is 5.02 Å². The van der Waals surface area contributed by atoms with Crippen molar-refractivity contribution in [1.29, 1.82) is 0 Å². The molecule has 6 heteroatoms. The number of rotatable bonds is 5. The first-order valence-corrected chi connectivity index (χ1v) is 8.02. The largest absolute Gasteiger partial charge is 0.341 e. The zero-order chi connectivity index (χ0) is 17.7. The van der Waals surface area contributed by atoms with E-state index >= 15 is 0 Å². The molecule has 5 nitrogen and oxygen atoms in total. The van der Waals surface area contributed by atoms with Gasteiger partial charge in [0.1, 0.15) is 6.04 Å². The van der Waals surface area contributed by atoms with Gasteiger partial charge in [-0.1, -0.05) is 17.7 Å². The molecule has 24 heavy (non-hydrogen) atoms. The Bertz CT molecular complexity index is 704. The lowest BCUT2D eigenvalue weighted by Crippen LogP contribution is -2.46. The highest BCUT2D eigenvalue weighted by molar-refractivity contribution is 6.30. The molecular formula is C18H20ClN3O2. The average molecular weight is 346 g/mol. The highest BCUT2D eigenvalue weighted by Crippen LogP contribution is 2.17. The summed E-state index contributed by atoms with van der Waals surface area (Å²) in [5.74, 6) is -0.498. The molecule has 2 atom stereocenters. The first kappa shape index (κ1) is 17.9. The number of aromatic nitrogens is 1. The van der Waals surface area contributed by atoms with Crippen molar-refractivity contribution >= 4 is 23.4 Å². The fraction of sp³-hybridized carbons (Fsp3) is 0.278. The van der Waals surface area contributed by atoms with Crippen LogP contribution in [0.15, 0.2) is 48.7 Å². The first-order valence-electron chi connectivity index (χ1n) is 7.64. The van der Waals surface area contributed by atoms with E-state index in [1.54, 1.807) is 49.3 Å². The maximum Gasteiger partial charge on any atom is 0.251 e. The number of benzene rings is 1. The quantitative estimate of drug-likeness (QED) is 0.905. The lowest BCUT2D eigenvalue weighted by atomic mass is 10.1. The number of halogens is 1. The lowest BCUT2D eigenvalue weighted by molar-refractivity contribution is -0.133. The fourth-order valence-corrected chi connectivity index (χ4v) is 2.39. The topological polar surface area (TPSA) is 62.3 Å². The lowest BCUT2D eigenvalue weighted by Gasteiger charge is -2.27. The molecule has 0 saturated heterocycles. The Morgan fingerprint density at radius 1 is 1.12 bits per heavy atom. The molecule has 0 bridgehead atoms. The van der Waals surface area contributed by atoms with E-state index in [0.29, 0.717) is 10.6 Å². The maximum atomic E-state index is 12.5. The van der Waals surface area contributed by atoms with E-state index in [1.807, 2.05) is 25.1 Å². The number of pyridine rings is 1. The van der Waals surface area contributed by atoms with Crippen molar-refractivity contribution in [2.75, 3.05) is 7.05 Å². The van der Waals surface area contributed by atoms with E-state index in [1.165, 1.54) is 0 Å². The third kappa shape index (κ3) is 4.32. The fourth-order valence-electron chi connectivity index (χ4n) is 2.26. The minimum atomic E-state index is -0.649.